The van der Waals surface area contributed by atoms with Crippen LogP contribution in [0.5, 0.6) is 0 Å². The molecule has 7 heteroatoms. The van der Waals surface area contributed by atoms with Crippen molar-refractivity contribution in [3.63, 3.8) is 0 Å². The lowest BCUT2D eigenvalue weighted by molar-refractivity contribution is -0.384. The third-order valence-electron chi connectivity index (χ3n) is 4.78. The number of rotatable bonds is 5. The fourth-order valence-corrected chi connectivity index (χ4v) is 4.11. The third-order valence-corrected chi connectivity index (χ3v) is 5.61. The number of benzene rings is 2. The van der Waals surface area contributed by atoms with E-state index < -0.39 is 0 Å². The Kier molecular flexibility index (Phi) is 5.13. The summed E-state index contributed by atoms with van der Waals surface area (Å²) in [6.07, 6.45) is 0. The van der Waals surface area contributed by atoms with Gasteiger partial charge in [0.2, 0.25) is 0 Å². The van der Waals surface area contributed by atoms with Crippen LogP contribution in [-0.4, -0.2) is 41.0 Å². The van der Waals surface area contributed by atoms with E-state index >= 15 is 0 Å². The fraction of sp³-hybridized carbons (Fsp3) is 0.250. The van der Waals surface area contributed by atoms with Crippen LogP contribution in [0, 0.1) is 10.1 Å². The minimum Gasteiger partial charge on any atom is -0.369 e. The highest BCUT2D eigenvalue weighted by atomic mass is 32.1. The highest BCUT2D eigenvalue weighted by Gasteiger charge is 2.18. The number of hydrogen-bond donors (Lipinski definition) is 0. The minimum absolute atomic E-state index is 0.102. The van der Waals surface area contributed by atoms with Crippen LogP contribution in [0.1, 0.15) is 5.01 Å². The van der Waals surface area contributed by atoms with E-state index in [1.807, 2.05) is 11.4 Å². The molecule has 1 saturated heterocycles. The van der Waals surface area contributed by atoms with Crippen molar-refractivity contribution in [1.82, 2.24) is 9.88 Å². The zero-order valence-corrected chi connectivity index (χ0v) is 15.6. The first-order valence-corrected chi connectivity index (χ1v) is 9.78. The van der Waals surface area contributed by atoms with Crippen LogP contribution < -0.4 is 4.90 Å². The van der Waals surface area contributed by atoms with Crippen molar-refractivity contribution in [2.75, 3.05) is 31.1 Å². The van der Waals surface area contributed by atoms with Crippen LogP contribution in [0.25, 0.3) is 11.3 Å². The fourth-order valence-electron chi connectivity index (χ4n) is 3.26. The van der Waals surface area contributed by atoms with Gasteiger partial charge in [0.05, 0.1) is 17.2 Å². The number of piperazine rings is 1. The average molecular weight is 380 g/mol. The Labute approximate surface area is 161 Å². The monoisotopic (exact) mass is 380 g/mol. The lowest BCUT2D eigenvalue weighted by atomic mass is 10.1. The second kappa shape index (κ2) is 7.85. The van der Waals surface area contributed by atoms with Crippen molar-refractivity contribution in [1.29, 1.82) is 0 Å². The number of para-hydroxylation sites is 1. The highest BCUT2D eigenvalue weighted by Crippen LogP contribution is 2.25. The molecule has 1 aliphatic rings. The van der Waals surface area contributed by atoms with Gasteiger partial charge in [-0.05, 0) is 24.3 Å². The van der Waals surface area contributed by atoms with Crippen molar-refractivity contribution in [2.24, 2.45) is 0 Å². The van der Waals surface area contributed by atoms with Gasteiger partial charge in [-0.3, -0.25) is 15.0 Å². The van der Waals surface area contributed by atoms with Crippen molar-refractivity contribution in [3.05, 3.63) is 75.1 Å². The van der Waals surface area contributed by atoms with Gasteiger partial charge in [-0.2, -0.15) is 0 Å². The number of nitro groups is 1. The first kappa shape index (κ1) is 17.6. The Balaban J connectivity index is 1.35. The van der Waals surface area contributed by atoms with Gasteiger partial charge in [0.25, 0.3) is 5.69 Å². The summed E-state index contributed by atoms with van der Waals surface area (Å²) in [7, 11) is 0. The van der Waals surface area contributed by atoms with E-state index in [0.717, 1.165) is 49.0 Å². The molecule has 1 fully saturated rings. The Bertz CT molecular complexity index is 903. The molecule has 0 amide bonds. The number of aromatic nitrogens is 1. The smallest absolute Gasteiger partial charge is 0.269 e. The molecule has 0 bridgehead atoms. The van der Waals surface area contributed by atoms with Crippen LogP contribution in [0.15, 0.2) is 60.0 Å². The summed E-state index contributed by atoms with van der Waals surface area (Å²) in [5, 5.41) is 13.9. The quantitative estimate of drug-likeness (QED) is 0.494. The second-order valence-electron chi connectivity index (χ2n) is 6.53. The van der Waals surface area contributed by atoms with Crippen molar-refractivity contribution in [3.8, 4) is 11.3 Å². The number of anilines is 1. The summed E-state index contributed by atoms with van der Waals surface area (Å²) < 4.78 is 0. The van der Waals surface area contributed by atoms with E-state index in [1.165, 1.54) is 17.8 Å². The number of non-ortho nitro benzene ring substituents is 1. The largest absolute Gasteiger partial charge is 0.369 e. The predicted octanol–water partition coefficient (Wildman–Crippen LogP) is 4.04. The van der Waals surface area contributed by atoms with E-state index in [2.05, 4.69) is 34.1 Å². The molecule has 0 N–H and O–H groups in total. The zero-order chi connectivity index (χ0) is 18.6. The van der Waals surface area contributed by atoms with Gasteiger partial charge in [-0.25, -0.2) is 4.98 Å². The average Bonchev–Trinajstić information content (AvgIpc) is 3.18. The Morgan fingerprint density at radius 2 is 1.70 bits per heavy atom. The molecule has 6 nitrogen and oxygen atoms in total. The topological polar surface area (TPSA) is 62.5 Å². The summed E-state index contributed by atoms with van der Waals surface area (Å²) in [5.74, 6) is 0. The standard InChI is InChI=1S/C20H20N4O2S/c25-24(26)18-8-6-16(7-9-18)19-15-27-20(21-19)14-22-10-12-23(13-11-22)17-4-2-1-3-5-17/h1-9,15H,10-14H2. The summed E-state index contributed by atoms with van der Waals surface area (Å²) in [5.41, 5.74) is 3.18. The molecular formula is C20H20N4O2S. The van der Waals surface area contributed by atoms with E-state index in [9.17, 15) is 10.1 Å². The number of thiazole rings is 1. The van der Waals surface area contributed by atoms with Gasteiger partial charge in [-0.15, -0.1) is 11.3 Å². The molecule has 1 aromatic heterocycles. The molecule has 2 heterocycles. The molecule has 138 valence electrons. The van der Waals surface area contributed by atoms with E-state index in [1.54, 1.807) is 23.5 Å². The molecule has 0 spiro atoms. The van der Waals surface area contributed by atoms with E-state index in [4.69, 9.17) is 4.98 Å². The van der Waals surface area contributed by atoms with Crippen LogP contribution in [-0.2, 0) is 6.54 Å². The molecular weight excluding hydrogens is 360 g/mol. The maximum absolute atomic E-state index is 10.8. The Morgan fingerprint density at radius 3 is 2.37 bits per heavy atom. The van der Waals surface area contributed by atoms with Crippen LogP contribution in [0.2, 0.25) is 0 Å². The second-order valence-corrected chi connectivity index (χ2v) is 7.47. The van der Waals surface area contributed by atoms with E-state index in [0.29, 0.717) is 0 Å². The van der Waals surface area contributed by atoms with Gasteiger partial charge in [0.15, 0.2) is 0 Å². The number of nitrogens with zero attached hydrogens (tertiary/aromatic N) is 4. The summed E-state index contributed by atoms with van der Waals surface area (Å²) in [6, 6.07) is 17.1. The van der Waals surface area contributed by atoms with Gasteiger partial charge in [0, 0.05) is 54.9 Å². The van der Waals surface area contributed by atoms with Gasteiger partial charge >= 0.3 is 0 Å². The van der Waals surface area contributed by atoms with Gasteiger partial charge in [0.1, 0.15) is 5.01 Å². The molecule has 0 atom stereocenters. The first-order chi connectivity index (χ1) is 13.2. The normalized spacial score (nSPS) is 15.0. The van der Waals surface area contributed by atoms with Crippen LogP contribution >= 0.6 is 11.3 Å². The van der Waals surface area contributed by atoms with Crippen LogP contribution in [0.4, 0.5) is 11.4 Å². The molecule has 3 aromatic rings. The molecule has 0 unspecified atom stereocenters. The molecule has 0 aliphatic carbocycles. The first-order valence-electron chi connectivity index (χ1n) is 8.90. The third kappa shape index (κ3) is 4.15. The SMILES string of the molecule is O=[N+]([O-])c1ccc(-c2csc(CN3CCN(c4ccccc4)CC3)n2)cc1. The van der Waals surface area contributed by atoms with Crippen molar-refractivity contribution >= 4 is 22.7 Å². The van der Waals surface area contributed by atoms with E-state index in [-0.39, 0.29) is 10.6 Å². The van der Waals surface area contributed by atoms with Gasteiger partial charge in [-0.1, -0.05) is 18.2 Å². The lowest BCUT2D eigenvalue weighted by Crippen LogP contribution is -2.45. The molecule has 1 aliphatic heterocycles. The maximum Gasteiger partial charge on any atom is 0.269 e. The summed E-state index contributed by atoms with van der Waals surface area (Å²) in [4.78, 5) is 20.0. The van der Waals surface area contributed by atoms with Crippen molar-refractivity contribution in [2.45, 2.75) is 6.54 Å². The van der Waals surface area contributed by atoms with Crippen LogP contribution in [0.3, 0.4) is 0 Å². The number of nitro benzene ring substituents is 1. The Hall–Kier alpha value is -2.77. The zero-order valence-electron chi connectivity index (χ0n) is 14.8. The predicted molar refractivity (Wildman–Crippen MR) is 108 cm³/mol. The Morgan fingerprint density at radius 1 is 1.00 bits per heavy atom. The van der Waals surface area contributed by atoms with Crippen molar-refractivity contribution < 1.29 is 4.92 Å². The highest BCUT2D eigenvalue weighted by molar-refractivity contribution is 7.09. The van der Waals surface area contributed by atoms with Gasteiger partial charge < -0.3 is 4.90 Å². The molecule has 2 aromatic carbocycles. The summed E-state index contributed by atoms with van der Waals surface area (Å²) >= 11 is 1.65. The number of hydrogen-bond acceptors (Lipinski definition) is 6. The molecule has 0 saturated carbocycles. The maximum atomic E-state index is 10.8. The summed E-state index contributed by atoms with van der Waals surface area (Å²) in [6.45, 7) is 4.91. The molecule has 27 heavy (non-hydrogen) atoms. The molecule has 0 radical (unpaired) electrons. The lowest BCUT2D eigenvalue weighted by Gasteiger charge is -2.35. The molecule has 4 rings (SSSR count). The minimum atomic E-state index is -0.384.